The van der Waals surface area contributed by atoms with Crippen LogP contribution in [0.4, 0.5) is 0 Å². The van der Waals surface area contributed by atoms with Crippen molar-refractivity contribution in [2.75, 3.05) is 5.75 Å². The predicted molar refractivity (Wildman–Crippen MR) is 42.4 cm³/mol. The van der Waals surface area contributed by atoms with Crippen molar-refractivity contribution in [3.63, 3.8) is 0 Å². The third kappa shape index (κ3) is 4.35. The highest BCUT2D eigenvalue weighted by Gasteiger charge is 2.02. The van der Waals surface area contributed by atoms with Gasteiger partial charge in [0.1, 0.15) is 0 Å². The Bertz CT molecular complexity index is 89.6. The van der Waals surface area contributed by atoms with E-state index in [2.05, 4.69) is 19.9 Å². The second-order valence-electron chi connectivity index (χ2n) is 1.86. The van der Waals surface area contributed by atoms with E-state index in [9.17, 15) is 0 Å². The highest BCUT2D eigenvalue weighted by atomic mass is 32.2. The first-order valence-corrected chi connectivity index (χ1v) is 4.41. The Balaban J connectivity index is 3.32. The fourth-order valence-electron chi connectivity index (χ4n) is 0.649. The summed E-state index contributed by atoms with van der Waals surface area (Å²) in [6.45, 7) is 4.20. The van der Waals surface area contributed by atoms with Gasteiger partial charge in [-0.05, 0) is 12.2 Å². The summed E-state index contributed by atoms with van der Waals surface area (Å²) in [5.74, 6) is 1.05. The molecule has 0 spiro atoms. The summed E-state index contributed by atoms with van der Waals surface area (Å²) in [7, 11) is 0. The van der Waals surface area contributed by atoms with Crippen LogP contribution in [-0.4, -0.2) is 11.0 Å². The zero-order valence-corrected chi connectivity index (χ0v) is 6.87. The topological polar surface area (TPSA) is 23.8 Å². The first-order valence-electron chi connectivity index (χ1n) is 3.36. The molecule has 0 fully saturated rings. The highest BCUT2D eigenvalue weighted by molar-refractivity contribution is 8.00. The molecule has 0 aromatic carbocycles. The van der Waals surface area contributed by atoms with Gasteiger partial charge in [0.25, 0.3) is 0 Å². The van der Waals surface area contributed by atoms with Gasteiger partial charge in [0.05, 0.1) is 11.3 Å². The molecule has 0 aromatic rings. The fraction of sp³-hybridized carbons (Fsp3) is 0.857. The van der Waals surface area contributed by atoms with Crippen LogP contribution in [0, 0.1) is 11.3 Å². The molecule has 0 saturated heterocycles. The van der Waals surface area contributed by atoms with Gasteiger partial charge in [0, 0.05) is 0 Å². The maximum absolute atomic E-state index is 8.52. The zero-order valence-electron chi connectivity index (χ0n) is 6.05. The molecule has 1 nitrogen and oxygen atoms in total. The molecular formula is C7H13NS. The summed E-state index contributed by atoms with van der Waals surface area (Å²) in [6.07, 6.45) is 2.15. The molecule has 9 heavy (non-hydrogen) atoms. The van der Waals surface area contributed by atoms with Crippen LogP contribution in [0.1, 0.15) is 26.7 Å². The molecule has 0 aliphatic heterocycles. The van der Waals surface area contributed by atoms with E-state index in [0.717, 1.165) is 18.6 Å². The minimum atomic E-state index is 0.236. The third-order valence-corrected chi connectivity index (χ3v) is 2.14. The Morgan fingerprint density at radius 1 is 1.56 bits per heavy atom. The van der Waals surface area contributed by atoms with Crippen LogP contribution in [0.25, 0.3) is 0 Å². The average Bonchev–Trinajstić information content (AvgIpc) is 1.88. The number of hydrogen-bond donors (Lipinski definition) is 0. The molecule has 52 valence electrons. The molecule has 1 unspecified atom stereocenters. The molecule has 0 saturated carbocycles. The van der Waals surface area contributed by atoms with Crippen LogP contribution in [0.2, 0.25) is 0 Å². The van der Waals surface area contributed by atoms with E-state index in [4.69, 9.17) is 5.26 Å². The number of thioether (sulfide) groups is 1. The molecule has 0 bridgehead atoms. The fourth-order valence-corrected chi connectivity index (χ4v) is 1.53. The molecule has 1 atom stereocenters. The molecule has 0 radical (unpaired) electrons. The van der Waals surface area contributed by atoms with E-state index < -0.39 is 0 Å². The molecule has 0 N–H and O–H groups in total. The second-order valence-corrected chi connectivity index (χ2v) is 3.34. The lowest BCUT2D eigenvalue weighted by atomic mass is 10.3. The predicted octanol–water partition coefficient (Wildman–Crippen LogP) is 2.43. The summed E-state index contributed by atoms with van der Waals surface area (Å²) in [5.41, 5.74) is 0. The number of nitrogens with zero attached hydrogens (tertiary/aromatic N) is 1. The Kier molecular flexibility index (Phi) is 5.86. The molecule has 0 aliphatic rings. The second kappa shape index (κ2) is 5.97. The van der Waals surface area contributed by atoms with Gasteiger partial charge in [-0.15, -0.1) is 11.8 Å². The Labute approximate surface area is 61.4 Å². The number of rotatable bonds is 4. The summed E-state index contributed by atoms with van der Waals surface area (Å²) in [4.78, 5) is 0. The molecule has 2 heteroatoms. The van der Waals surface area contributed by atoms with Gasteiger partial charge in [-0.3, -0.25) is 0 Å². The van der Waals surface area contributed by atoms with E-state index in [1.54, 1.807) is 11.8 Å². The van der Waals surface area contributed by atoms with Crippen LogP contribution >= 0.6 is 11.8 Å². The highest BCUT2D eigenvalue weighted by Crippen LogP contribution is 2.14. The molecule has 0 amide bonds. The van der Waals surface area contributed by atoms with E-state index in [1.807, 2.05) is 0 Å². The van der Waals surface area contributed by atoms with E-state index in [0.29, 0.717) is 0 Å². The lowest BCUT2D eigenvalue weighted by Gasteiger charge is -2.02. The summed E-state index contributed by atoms with van der Waals surface area (Å²) in [5, 5.41) is 8.75. The van der Waals surface area contributed by atoms with Crippen molar-refractivity contribution in [3.05, 3.63) is 0 Å². The van der Waals surface area contributed by atoms with Gasteiger partial charge in [-0.25, -0.2) is 0 Å². The Morgan fingerprint density at radius 3 is 2.56 bits per heavy atom. The zero-order chi connectivity index (χ0) is 7.11. The molecule has 0 heterocycles. The average molecular weight is 143 g/mol. The SMILES string of the molecule is CCCC(C#N)SCC. The lowest BCUT2D eigenvalue weighted by molar-refractivity contribution is 0.834. The van der Waals surface area contributed by atoms with E-state index in [1.165, 1.54) is 0 Å². The minimum absolute atomic E-state index is 0.236. The maximum Gasteiger partial charge on any atom is 0.0916 e. The van der Waals surface area contributed by atoms with Crippen LogP contribution < -0.4 is 0 Å². The molecular weight excluding hydrogens is 130 g/mol. The smallest absolute Gasteiger partial charge is 0.0916 e. The van der Waals surface area contributed by atoms with Crippen molar-refractivity contribution in [2.24, 2.45) is 0 Å². The van der Waals surface area contributed by atoms with Crippen molar-refractivity contribution >= 4 is 11.8 Å². The standard InChI is InChI=1S/C7H13NS/c1-3-5-7(6-8)9-4-2/h7H,3-5H2,1-2H3. The van der Waals surface area contributed by atoms with Crippen LogP contribution in [-0.2, 0) is 0 Å². The van der Waals surface area contributed by atoms with Crippen molar-refractivity contribution in [3.8, 4) is 6.07 Å². The number of nitriles is 1. The van der Waals surface area contributed by atoms with E-state index >= 15 is 0 Å². The third-order valence-electron chi connectivity index (χ3n) is 1.06. The summed E-state index contributed by atoms with van der Waals surface area (Å²) < 4.78 is 0. The van der Waals surface area contributed by atoms with Crippen molar-refractivity contribution in [1.82, 2.24) is 0 Å². The minimum Gasteiger partial charge on any atom is -0.197 e. The Hall–Kier alpha value is -0.160. The Morgan fingerprint density at radius 2 is 2.22 bits per heavy atom. The van der Waals surface area contributed by atoms with Gasteiger partial charge in [-0.2, -0.15) is 5.26 Å². The van der Waals surface area contributed by atoms with Crippen molar-refractivity contribution in [1.29, 1.82) is 5.26 Å². The molecule has 0 rings (SSSR count). The van der Waals surface area contributed by atoms with Crippen LogP contribution in [0.3, 0.4) is 0 Å². The maximum atomic E-state index is 8.52. The number of hydrogen-bond acceptors (Lipinski definition) is 2. The quantitative estimate of drug-likeness (QED) is 0.603. The van der Waals surface area contributed by atoms with Crippen molar-refractivity contribution < 1.29 is 0 Å². The van der Waals surface area contributed by atoms with E-state index in [-0.39, 0.29) is 5.25 Å². The first kappa shape index (κ1) is 8.84. The molecule has 0 aromatic heterocycles. The largest absolute Gasteiger partial charge is 0.197 e. The van der Waals surface area contributed by atoms with Crippen LogP contribution in [0.15, 0.2) is 0 Å². The van der Waals surface area contributed by atoms with Crippen molar-refractivity contribution in [2.45, 2.75) is 31.9 Å². The first-order chi connectivity index (χ1) is 4.35. The van der Waals surface area contributed by atoms with Gasteiger partial charge in [-0.1, -0.05) is 20.3 Å². The van der Waals surface area contributed by atoms with Gasteiger partial charge >= 0.3 is 0 Å². The molecule has 0 aliphatic carbocycles. The van der Waals surface area contributed by atoms with Crippen LogP contribution in [0.5, 0.6) is 0 Å². The monoisotopic (exact) mass is 143 g/mol. The summed E-state index contributed by atoms with van der Waals surface area (Å²) >= 11 is 1.74. The summed E-state index contributed by atoms with van der Waals surface area (Å²) in [6, 6.07) is 2.27. The normalized spacial score (nSPS) is 12.6. The lowest BCUT2D eigenvalue weighted by Crippen LogP contribution is -1.97. The van der Waals surface area contributed by atoms with Gasteiger partial charge in [0.2, 0.25) is 0 Å². The van der Waals surface area contributed by atoms with Gasteiger partial charge < -0.3 is 0 Å². The van der Waals surface area contributed by atoms with Gasteiger partial charge in [0.15, 0.2) is 0 Å².